The van der Waals surface area contributed by atoms with Crippen LogP contribution in [0.25, 0.3) is 0 Å². The lowest BCUT2D eigenvalue weighted by Crippen LogP contribution is -2.41. The lowest BCUT2D eigenvalue weighted by molar-refractivity contribution is 0.0729. The van der Waals surface area contributed by atoms with Gasteiger partial charge in [0.05, 0.1) is 30.4 Å². The molecular weight excluding hydrogens is 482 g/mol. The van der Waals surface area contributed by atoms with Gasteiger partial charge in [-0.1, -0.05) is 12.1 Å². The number of hydrogen-bond acceptors (Lipinski definition) is 7. The van der Waals surface area contributed by atoms with Crippen LogP contribution >= 0.6 is 0 Å². The van der Waals surface area contributed by atoms with Crippen molar-refractivity contribution in [2.45, 2.75) is 10.6 Å². The third kappa shape index (κ3) is 6.76. The lowest BCUT2D eigenvalue weighted by atomic mass is 10.1. The molecule has 1 fully saturated rings. The molecule has 2 aromatic rings. The molecule has 1 N–H and O–H groups in total. The molecule has 12 heteroatoms. The van der Waals surface area contributed by atoms with Crippen LogP contribution in [0.2, 0.25) is 0 Å². The molecule has 0 spiro atoms. The van der Waals surface area contributed by atoms with Crippen molar-refractivity contribution in [1.82, 2.24) is 13.9 Å². The van der Waals surface area contributed by atoms with E-state index >= 15 is 0 Å². The van der Waals surface area contributed by atoms with Crippen molar-refractivity contribution in [2.75, 3.05) is 53.6 Å². The summed E-state index contributed by atoms with van der Waals surface area (Å²) >= 11 is 0. The first-order chi connectivity index (χ1) is 16.1. The molecule has 3 rings (SSSR count). The van der Waals surface area contributed by atoms with Gasteiger partial charge in [-0.15, -0.1) is 0 Å². The summed E-state index contributed by atoms with van der Waals surface area (Å²) in [4.78, 5) is 12.5. The SMILES string of the molecule is CN(C)S(=O)(=O)c1ccc(OCCNC(=O)c2ccc(CS(=O)(=O)N3CCOCC3)cc2)cc1. The van der Waals surface area contributed by atoms with Gasteiger partial charge in [0.1, 0.15) is 12.4 Å². The van der Waals surface area contributed by atoms with Crippen LogP contribution in [0.4, 0.5) is 0 Å². The van der Waals surface area contributed by atoms with Gasteiger partial charge in [0.25, 0.3) is 5.91 Å². The van der Waals surface area contributed by atoms with Crippen molar-refractivity contribution in [3.63, 3.8) is 0 Å². The van der Waals surface area contributed by atoms with E-state index < -0.39 is 20.0 Å². The summed E-state index contributed by atoms with van der Waals surface area (Å²) < 4.78 is 62.5. The Morgan fingerprint density at radius 2 is 1.62 bits per heavy atom. The summed E-state index contributed by atoms with van der Waals surface area (Å²) in [5.74, 6) is 0.0496. The Morgan fingerprint density at radius 1 is 1.00 bits per heavy atom. The number of benzene rings is 2. The standard InChI is InChI=1S/C22H29N3O7S2/c1-24(2)34(29,30)21-9-7-20(8-10-21)32-14-11-23-22(26)19-5-3-18(4-6-19)17-33(27,28)25-12-15-31-16-13-25/h3-10H,11-17H2,1-2H3,(H,23,26). The molecule has 1 saturated heterocycles. The molecule has 0 bridgehead atoms. The summed E-state index contributed by atoms with van der Waals surface area (Å²) in [5, 5.41) is 2.73. The predicted octanol–water partition coefficient (Wildman–Crippen LogP) is 0.908. The van der Waals surface area contributed by atoms with E-state index in [1.54, 1.807) is 36.4 Å². The smallest absolute Gasteiger partial charge is 0.251 e. The van der Waals surface area contributed by atoms with Crippen LogP contribution in [0.1, 0.15) is 15.9 Å². The van der Waals surface area contributed by atoms with Gasteiger partial charge < -0.3 is 14.8 Å². The summed E-state index contributed by atoms with van der Waals surface area (Å²) in [6, 6.07) is 12.5. The zero-order chi connectivity index (χ0) is 24.8. The molecule has 10 nitrogen and oxygen atoms in total. The number of hydrogen-bond donors (Lipinski definition) is 1. The molecule has 1 aliphatic heterocycles. The number of nitrogens with one attached hydrogen (secondary N) is 1. The van der Waals surface area contributed by atoms with Gasteiger partial charge >= 0.3 is 0 Å². The van der Waals surface area contributed by atoms with E-state index in [9.17, 15) is 21.6 Å². The third-order valence-electron chi connectivity index (χ3n) is 5.19. The average Bonchev–Trinajstić information content (AvgIpc) is 2.82. The van der Waals surface area contributed by atoms with Gasteiger partial charge in [0.15, 0.2) is 0 Å². The second-order valence-corrected chi connectivity index (χ2v) is 11.9. The zero-order valence-corrected chi connectivity index (χ0v) is 20.8. The minimum absolute atomic E-state index is 0.128. The van der Waals surface area contributed by atoms with Crippen LogP contribution in [-0.2, 0) is 30.5 Å². The minimum Gasteiger partial charge on any atom is -0.492 e. The Morgan fingerprint density at radius 3 is 2.21 bits per heavy atom. The molecule has 34 heavy (non-hydrogen) atoms. The number of carbonyl (C=O) groups excluding carboxylic acids is 1. The van der Waals surface area contributed by atoms with Crippen LogP contribution in [0, 0.1) is 0 Å². The third-order valence-corrected chi connectivity index (χ3v) is 8.87. The molecule has 0 aliphatic carbocycles. The fraction of sp³-hybridized carbons (Fsp3) is 0.409. The van der Waals surface area contributed by atoms with Crippen molar-refractivity contribution in [2.24, 2.45) is 0 Å². The van der Waals surface area contributed by atoms with Crippen LogP contribution in [-0.4, -0.2) is 84.9 Å². The number of sulfonamides is 2. The predicted molar refractivity (Wildman–Crippen MR) is 127 cm³/mol. The van der Waals surface area contributed by atoms with Crippen molar-refractivity contribution in [3.8, 4) is 5.75 Å². The summed E-state index contributed by atoms with van der Waals surface area (Å²) in [6.07, 6.45) is 0. The van der Waals surface area contributed by atoms with E-state index in [0.29, 0.717) is 43.2 Å². The van der Waals surface area contributed by atoms with E-state index in [-0.39, 0.29) is 29.7 Å². The zero-order valence-electron chi connectivity index (χ0n) is 19.1. The first-order valence-corrected chi connectivity index (χ1v) is 13.7. The summed E-state index contributed by atoms with van der Waals surface area (Å²) in [5.41, 5.74) is 1.01. The molecule has 0 unspecified atom stereocenters. The Bertz CT molecular complexity index is 1170. The number of nitrogens with zero attached hydrogens (tertiary/aromatic N) is 2. The molecule has 1 amide bonds. The van der Waals surface area contributed by atoms with Gasteiger partial charge in [-0.05, 0) is 42.0 Å². The molecule has 0 radical (unpaired) electrons. The summed E-state index contributed by atoms with van der Waals surface area (Å²) in [6.45, 7) is 1.93. The number of carbonyl (C=O) groups is 1. The first-order valence-electron chi connectivity index (χ1n) is 10.7. The highest BCUT2D eigenvalue weighted by Crippen LogP contribution is 2.18. The largest absolute Gasteiger partial charge is 0.492 e. The van der Waals surface area contributed by atoms with E-state index in [1.165, 1.54) is 30.5 Å². The Hall–Kier alpha value is -2.51. The van der Waals surface area contributed by atoms with Crippen LogP contribution in [0.15, 0.2) is 53.4 Å². The first kappa shape index (κ1) is 26.1. The normalized spacial score (nSPS) is 15.3. The maximum atomic E-state index is 12.5. The molecule has 0 aromatic heterocycles. The number of amides is 1. The monoisotopic (exact) mass is 511 g/mol. The maximum absolute atomic E-state index is 12.5. The number of ether oxygens (including phenoxy) is 2. The topological polar surface area (TPSA) is 122 Å². The highest BCUT2D eigenvalue weighted by atomic mass is 32.2. The quantitative estimate of drug-likeness (QED) is 0.471. The van der Waals surface area contributed by atoms with E-state index in [4.69, 9.17) is 9.47 Å². The number of rotatable bonds is 10. The minimum atomic E-state index is -3.50. The van der Waals surface area contributed by atoms with E-state index in [1.807, 2.05) is 0 Å². The molecule has 0 saturated carbocycles. The second kappa shape index (κ2) is 11.3. The van der Waals surface area contributed by atoms with Gasteiger partial charge in [-0.3, -0.25) is 4.79 Å². The molecule has 0 atom stereocenters. The molecule has 1 heterocycles. The van der Waals surface area contributed by atoms with Gasteiger partial charge in [-0.2, -0.15) is 4.31 Å². The molecular formula is C22H29N3O7S2. The van der Waals surface area contributed by atoms with E-state index in [2.05, 4.69) is 5.32 Å². The van der Waals surface area contributed by atoms with Crippen LogP contribution in [0.3, 0.4) is 0 Å². The van der Waals surface area contributed by atoms with Crippen LogP contribution in [0.5, 0.6) is 5.75 Å². The van der Waals surface area contributed by atoms with Crippen molar-refractivity contribution in [1.29, 1.82) is 0 Å². The van der Waals surface area contributed by atoms with Gasteiger partial charge in [0, 0.05) is 32.7 Å². The molecule has 2 aromatic carbocycles. The Labute approximate surface area is 200 Å². The van der Waals surface area contributed by atoms with Crippen molar-refractivity contribution in [3.05, 3.63) is 59.7 Å². The van der Waals surface area contributed by atoms with Crippen LogP contribution < -0.4 is 10.1 Å². The van der Waals surface area contributed by atoms with Crippen molar-refractivity contribution < 1.29 is 31.1 Å². The Kier molecular flexibility index (Phi) is 8.66. The average molecular weight is 512 g/mol. The van der Waals surface area contributed by atoms with Gasteiger partial charge in [0.2, 0.25) is 20.0 Å². The van der Waals surface area contributed by atoms with Crippen molar-refractivity contribution >= 4 is 26.0 Å². The lowest BCUT2D eigenvalue weighted by Gasteiger charge is -2.26. The van der Waals surface area contributed by atoms with Gasteiger partial charge in [-0.25, -0.2) is 21.1 Å². The highest BCUT2D eigenvalue weighted by molar-refractivity contribution is 7.89. The Balaban J connectivity index is 1.45. The van der Waals surface area contributed by atoms with E-state index in [0.717, 1.165) is 4.31 Å². The highest BCUT2D eigenvalue weighted by Gasteiger charge is 2.24. The summed E-state index contributed by atoms with van der Waals surface area (Å²) in [7, 11) is -4.00. The second-order valence-electron chi connectivity index (χ2n) is 7.83. The molecule has 186 valence electrons. The fourth-order valence-corrected chi connectivity index (χ4v) is 5.64. The maximum Gasteiger partial charge on any atom is 0.251 e. The fourth-order valence-electron chi connectivity index (χ4n) is 3.23. The molecule has 1 aliphatic rings. The number of morpholine rings is 1.